The maximum Gasteiger partial charge on any atom is 0.304 e. The molecule has 0 saturated carbocycles. The van der Waals surface area contributed by atoms with E-state index >= 15 is 0 Å². The normalized spacial score (nSPS) is 27.0. The van der Waals surface area contributed by atoms with Crippen LogP contribution in [0.5, 0.6) is 0 Å². The van der Waals surface area contributed by atoms with E-state index in [1.807, 2.05) is 12.1 Å². The molecule has 1 aromatic rings. The van der Waals surface area contributed by atoms with E-state index in [-0.39, 0.29) is 30.0 Å². The number of carboxylic acid groups (broad SMARTS) is 1. The quantitative estimate of drug-likeness (QED) is 0.843. The number of aryl methyl sites for hydroxylation is 1. The van der Waals surface area contributed by atoms with Crippen LogP contribution in [0.2, 0.25) is 0 Å². The van der Waals surface area contributed by atoms with E-state index < -0.39 is 15.8 Å². The number of aliphatic carboxylic acids is 1. The van der Waals surface area contributed by atoms with Gasteiger partial charge in [-0.2, -0.15) is 0 Å². The molecule has 2 fully saturated rings. The van der Waals surface area contributed by atoms with E-state index in [2.05, 4.69) is 28.9 Å². The fourth-order valence-corrected chi connectivity index (χ4v) is 5.86. The molecule has 2 atom stereocenters. The summed E-state index contributed by atoms with van der Waals surface area (Å²) in [6.07, 6.45) is 0.0566. The van der Waals surface area contributed by atoms with Crippen molar-refractivity contribution in [1.29, 1.82) is 0 Å². The van der Waals surface area contributed by atoms with Gasteiger partial charge in [0.1, 0.15) is 0 Å². The summed E-state index contributed by atoms with van der Waals surface area (Å²) < 4.78 is 24.4. The topological polar surface area (TPSA) is 77.9 Å². The minimum atomic E-state index is -3.07. The lowest BCUT2D eigenvalue weighted by molar-refractivity contribution is -0.137. The number of hydrogen-bond acceptors (Lipinski definition) is 5. The molecule has 3 rings (SSSR count). The number of hydrogen-bond donors (Lipinski definition) is 1. The Bertz CT molecular complexity index is 719. The Morgan fingerprint density at radius 2 is 1.79 bits per heavy atom. The Hall–Kier alpha value is -1.44. The third-order valence-electron chi connectivity index (χ3n) is 5.15. The van der Waals surface area contributed by atoms with Gasteiger partial charge in [0.15, 0.2) is 9.84 Å². The fourth-order valence-electron chi connectivity index (χ4n) is 3.82. The molecular formula is C17H24N2O4S. The molecule has 1 N–H and O–H groups in total. The van der Waals surface area contributed by atoms with Crippen molar-refractivity contribution in [3.63, 3.8) is 0 Å². The number of sulfone groups is 1. The highest BCUT2D eigenvalue weighted by atomic mass is 32.2. The molecule has 132 valence electrons. The first-order chi connectivity index (χ1) is 11.4. The molecule has 2 aliphatic rings. The largest absolute Gasteiger partial charge is 0.481 e. The molecule has 0 radical (unpaired) electrons. The van der Waals surface area contributed by atoms with Gasteiger partial charge in [-0.15, -0.1) is 0 Å². The zero-order chi connectivity index (χ0) is 17.3. The maximum absolute atomic E-state index is 12.2. The van der Waals surface area contributed by atoms with Gasteiger partial charge < -0.3 is 5.11 Å². The second-order valence-corrected chi connectivity index (χ2v) is 8.94. The molecule has 2 aliphatic heterocycles. The van der Waals surface area contributed by atoms with Crippen molar-refractivity contribution in [2.75, 3.05) is 31.1 Å². The van der Waals surface area contributed by atoms with Crippen molar-refractivity contribution < 1.29 is 18.3 Å². The van der Waals surface area contributed by atoms with Gasteiger partial charge in [-0.25, -0.2) is 8.42 Å². The number of nitrogens with zero attached hydrogens (tertiary/aromatic N) is 2. The summed E-state index contributed by atoms with van der Waals surface area (Å²) in [6, 6.07) is 8.04. The number of fused-ring (bicyclic) bond motifs is 1. The Kier molecular flexibility index (Phi) is 4.94. The fraction of sp³-hybridized carbons (Fsp3) is 0.588. The van der Waals surface area contributed by atoms with E-state index in [9.17, 15) is 13.2 Å². The first-order valence-electron chi connectivity index (χ1n) is 8.30. The lowest BCUT2D eigenvalue weighted by Gasteiger charge is -2.44. The molecule has 2 saturated heterocycles. The minimum absolute atomic E-state index is 0.0443. The van der Waals surface area contributed by atoms with Crippen LogP contribution in [0, 0.1) is 6.92 Å². The van der Waals surface area contributed by atoms with Gasteiger partial charge in [0.05, 0.1) is 17.9 Å². The smallest absolute Gasteiger partial charge is 0.304 e. The SMILES string of the molecule is Cc1ccccc1CN1CCN(CCC(=O)O)[C@@H]2CS(=O)(=O)C[C@@H]21. The highest BCUT2D eigenvalue weighted by Gasteiger charge is 2.46. The molecule has 0 unspecified atom stereocenters. The van der Waals surface area contributed by atoms with Gasteiger partial charge in [-0.05, 0) is 18.1 Å². The van der Waals surface area contributed by atoms with Gasteiger partial charge in [0, 0.05) is 38.3 Å². The maximum atomic E-state index is 12.2. The molecule has 6 nitrogen and oxygen atoms in total. The zero-order valence-electron chi connectivity index (χ0n) is 13.9. The summed E-state index contributed by atoms with van der Waals surface area (Å²) in [4.78, 5) is 15.2. The number of carboxylic acids is 1. The third kappa shape index (κ3) is 3.79. The summed E-state index contributed by atoms with van der Waals surface area (Å²) in [7, 11) is -3.07. The van der Waals surface area contributed by atoms with Crippen LogP contribution in [0.3, 0.4) is 0 Å². The van der Waals surface area contributed by atoms with Crippen LogP contribution in [-0.4, -0.2) is 72.5 Å². The predicted octanol–water partition coefficient (Wildman–Crippen LogP) is 0.753. The van der Waals surface area contributed by atoms with Crippen molar-refractivity contribution in [3.05, 3.63) is 35.4 Å². The Labute approximate surface area is 143 Å². The van der Waals surface area contributed by atoms with Crippen molar-refractivity contribution >= 4 is 15.8 Å². The lowest BCUT2D eigenvalue weighted by Crippen LogP contribution is -2.58. The van der Waals surface area contributed by atoms with Crippen LogP contribution in [0.4, 0.5) is 0 Å². The van der Waals surface area contributed by atoms with Crippen molar-refractivity contribution in [2.45, 2.75) is 32.0 Å². The van der Waals surface area contributed by atoms with Gasteiger partial charge in [0.2, 0.25) is 0 Å². The Morgan fingerprint density at radius 3 is 2.46 bits per heavy atom. The van der Waals surface area contributed by atoms with Gasteiger partial charge >= 0.3 is 5.97 Å². The first-order valence-corrected chi connectivity index (χ1v) is 10.1. The second-order valence-electron chi connectivity index (χ2n) is 6.79. The number of piperazine rings is 1. The summed E-state index contributed by atoms with van der Waals surface area (Å²) >= 11 is 0. The van der Waals surface area contributed by atoms with Crippen LogP contribution in [0.15, 0.2) is 24.3 Å². The summed E-state index contributed by atoms with van der Waals surface area (Å²) in [6.45, 7) is 4.72. The number of carbonyl (C=O) groups is 1. The minimum Gasteiger partial charge on any atom is -0.481 e. The van der Waals surface area contributed by atoms with E-state index in [0.29, 0.717) is 6.54 Å². The van der Waals surface area contributed by atoms with Crippen molar-refractivity contribution in [2.24, 2.45) is 0 Å². The van der Waals surface area contributed by atoms with Crippen LogP contribution in [0.25, 0.3) is 0 Å². The second kappa shape index (κ2) is 6.82. The monoisotopic (exact) mass is 352 g/mol. The molecular weight excluding hydrogens is 328 g/mol. The molecule has 2 heterocycles. The van der Waals surface area contributed by atoms with E-state index in [1.54, 1.807) is 0 Å². The van der Waals surface area contributed by atoms with Crippen LogP contribution in [0.1, 0.15) is 17.5 Å². The van der Waals surface area contributed by atoms with Crippen LogP contribution < -0.4 is 0 Å². The van der Waals surface area contributed by atoms with Crippen LogP contribution >= 0.6 is 0 Å². The standard InChI is InChI=1S/C17H24N2O4S/c1-13-4-2-3-5-14(13)10-19-9-8-18(7-6-17(20)21)15-11-24(22,23)12-16(15)19/h2-5,15-16H,6-12H2,1H3,(H,20,21)/t15-,16+/m1/s1. The summed E-state index contributed by atoms with van der Waals surface area (Å²) in [5.41, 5.74) is 2.43. The zero-order valence-corrected chi connectivity index (χ0v) is 14.7. The predicted molar refractivity (Wildman–Crippen MR) is 91.6 cm³/mol. The first kappa shape index (κ1) is 17.4. The summed E-state index contributed by atoms with van der Waals surface area (Å²) in [5.74, 6) is -0.524. The van der Waals surface area contributed by atoms with Gasteiger partial charge in [-0.3, -0.25) is 14.6 Å². The summed E-state index contributed by atoms with van der Waals surface area (Å²) in [5, 5.41) is 8.91. The highest BCUT2D eigenvalue weighted by molar-refractivity contribution is 7.91. The van der Waals surface area contributed by atoms with Crippen molar-refractivity contribution in [1.82, 2.24) is 9.80 Å². The Morgan fingerprint density at radius 1 is 1.17 bits per heavy atom. The van der Waals surface area contributed by atoms with E-state index in [0.717, 1.165) is 19.6 Å². The van der Waals surface area contributed by atoms with E-state index in [4.69, 9.17) is 5.11 Å². The molecule has 7 heteroatoms. The van der Waals surface area contributed by atoms with Gasteiger partial charge in [0.25, 0.3) is 0 Å². The molecule has 24 heavy (non-hydrogen) atoms. The van der Waals surface area contributed by atoms with Crippen molar-refractivity contribution in [3.8, 4) is 0 Å². The molecule has 0 amide bonds. The van der Waals surface area contributed by atoms with E-state index in [1.165, 1.54) is 11.1 Å². The molecule has 1 aromatic carbocycles. The molecule has 0 spiro atoms. The highest BCUT2D eigenvalue weighted by Crippen LogP contribution is 2.28. The average Bonchev–Trinajstić information content (AvgIpc) is 2.84. The number of rotatable bonds is 5. The lowest BCUT2D eigenvalue weighted by atomic mass is 10.0. The average molecular weight is 352 g/mol. The third-order valence-corrected chi connectivity index (χ3v) is 6.85. The molecule has 0 bridgehead atoms. The van der Waals surface area contributed by atoms with Gasteiger partial charge in [-0.1, -0.05) is 24.3 Å². The number of benzene rings is 1. The van der Waals surface area contributed by atoms with Crippen LogP contribution in [-0.2, 0) is 21.2 Å². The molecule has 0 aliphatic carbocycles. The Balaban J connectivity index is 1.77. The molecule has 0 aromatic heterocycles.